The molecule has 0 fully saturated rings. The van der Waals surface area contributed by atoms with Gasteiger partial charge in [0.05, 0.1) is 28.9 Å². The van der Waals surface area contributed by atoms with Crippen molar-refractivity contribution < 1.29 is 24.9 Å². The number of imidazole rings is 1. The van der Waals surface area contributed by atoms with E-state index in [-0.39, 0.29) is 34.0 Å². The van der Waals surface area contributed by atoms with Gasteiger partial charge in [-0.05, 0) is 52.4 Å². The van der Waals surface area contributed by atoms with Crippen LogP contribution in [0.1, 0.15) is 49.8 Å². The smallest absolute Gasteiger partial charge is 0.311 e. The Morgan fingerprint density at radius 1 is 1.03 bits per heavy atom. The van der Waals surface area contributed by atoms with Crippen LogP contribution in [0.4, 0.5) is 0 Å². The molecule has 3 aromatic carbocycles. The molecule has 1 heterocycles. The number of hydrogen-bond acceptors (Lipinski definition) is 5. The van der Waals surface area contributed by atoms with Gasteiger partial charge in [0.1, 0.15) is 17.4 Å². The Morgan fingerprint density at radius 2 is 1.68 bits per heavy atom. The molecule has 1 unspecified atom stereocenters. The van der Waals surface area contributed by atoms with Crippen molar-refractivity contribution in [2.24, 2.45) is 5.73 Å². The van der Waals surface area contributed by atoms with Crippen molar-refractivity contribution >= 4 is 28.8 Å². The van der Waals surface area contributed by atoms with Gasteiger partial charge in [-0.25, -0.2) is 4.98 Å². The maximum absolute atomic E-state index is 12.0. The molecule has 4 rings (SSSR count). The highest BCUT2D eigenvalue weighted by Crippen LogP contribution is 2.41. The van der Waals surface area contributed by atoms with E-state index < -0.39 is 24.3 Å². The molecule has 9 nitrogen and oxygen atoms in total. The number of fused-ring (bicyclic) bond motifs is 1. The second-order valence-electron chi connectivity index (χ2n) is 10.0. The number of nitrogens with two attached hydrogens (primary N) is 1. The quantitative estimate of drug-likeness (QED) is 0.156. The summed E-state index contributed by atoms with van der Waals surface area (Å²) in [7, 11) is 0. The van der Waals surface area contributed by atoms with E-state index in [4.69, 9.17) is 11.1 Å². The van der Waals surface area contributed by atoms with Crippen molar-refractivity contribution in [1.29, 1.82) is 5.41 Å². The minimum absolute atomic E-state index is 0.0868. The number of rotatable bonds is 7. The van der Waals surface area contributed by atoms with E-state index in [2.05, 4.69) is 30.7 Å². The molecule has 1 aromatic heterocycles. The van der Waals surface area contributed by atoms with Crippen LogP contribution in [-0.2, 0) is 15.0 Å². The summed E-state index contributed by atoms with van der Waals surface area (Å²) in [5, 5.41) is 38.2. The number of amidine groups is 1. The summed E-state index contributed by atoms with van der Waals surface area (Å²) in [5.41, 5.74) is 9.66. The van der Waals surface area contributed by atoms with Crippen molar-refractivity contribution in [1.82, 2.24) is 9.97 Å². The second kappa shape index (κ2) is 9.42. The molecule has 0 aliphatic rings. The number of benzene rings is 3. The Kier molecular flexibility index (Phi) is 6.48. The van der Waals surface area contributed by atoms with Crippen LogP contribution in [0.2, 0.25) is 0 Å². The van der Waals surface area contributed by atoms with E-state index in [0.717, 1.165) is 5.56 Å². The molecule has 7 N–H and O–H groups in total. The minimum atomic E-state index is -1.34. The van der Waals surface area contributed by atoms with Crippen molar-refractivity contribution in [3.63, 3.8) is 0 Å². The van der Waals surface area contributed by atoms with Gasteiger partial charge in [0, 0.05) is 11.1 Å². The molecule has 0 aliphatic heterocycles. The van der Waals surface area contributed by atoms with Crippen LogP contribution in [0.15, 0.2) is 54.6 Å². The van der Waals surface area contributed by atoms with Gasteiger partial charge in [-0.3, -0.25) is 15.0 Å². The predicted molar refractivity (Wildman–Crippen MR) is 141 cm³/mol. The van der Waals surface area contributed by atoms with Crippen LogP contribution in [0, 0.1) is 5.41 Å². The molecule has 9 heteroatoms. The molecule has 4 aromatic rings. The second-order valence-corrected chi connectivity index (χ2v) is 10.0. The summed E-state index contributed by atoms with van der Waals surface area (Å²) in [6.07, 6.45) is -0.621. The van der Waals surface area contributed by atoms with E-state index in [1.54, 1.807) is 18.2 Å². The molecule has 37 heavy (non-hydrogen) atoms. The highest BCUT2D eigenvalue weighted by Gasteiger charge is 2.27. The molecule has 0 bridgehead atoms. The van der Waals surface area contributed by atoms with Gasteiger partial charge >= 0.3 is 11.9 Å². The normalized spacial score (nSPS) is 12.4. The Labute approximate surface area is 213 Å². The van der Waals surface area contributed by atoms with Gasteiger partial charge in [-0.2, -0.15) is 0 Å². The SMILES string of the molecule is CC(C)(C)c1ccc(-c2cc(C(CC(=O)O)C(=O)O)cc(-c3nc4ccc(C(=N)N)cc4[nH]3)c2O)cc1. The number of nitrogens with one attached hydrogen (secondary N) is 2. The average molecular weight is 501 g/mol. The van der Waals surface area contributed by atoms with Gasteiger partial charge < -0.3 is 26.0 Å². The number of carbonyl (C=O) groups is 2. The first-order valence-corrected chi connectivity index (χ1v) is 11.6. The molecule has 190 valence electrons. The molecule has 0 aliphatic carbocycles. The lowest BCUT2D eigenvalue weighted by Crippen LogP contribution is -2.16. The first kappa shape index (κ1) is 25.4. The summed E-state index contributed by atoms with van der Waals surface area (Å²) in [4.78, 5) is 31.1. The zero-order chi connectivity index (χ0) is 27.1. The lowest BCUT2D eigenvalue weighted by molar-refractivity contribution is -0.145. The third-order valence-electron chi connectivity index (χ3n) is 6.32. The number of nitrogens with zero attached hydrogens (tertiary/aromatic N) is 1. The molecular weight excluding hydrogens is 472 g/mol. The van der Waals surface area contributed by atoms with Crippen molar-refractivity contribution in [3.8, 4) is 28.3 Å². The molecule has 0 amide bonds. The molecule has 0 spiro atoms. The van der Waals surface area contributed by atoms with E-state index >= 15 is 0 Å². The average Bonchev–Trinajstić information content (AvgIpc) is 3.25. The summed E-state index contributed by atoms with van der Waals surface area (Å²) in [5.74, 6) is -3.85. The fraction of sp³-hybridized carbons (Fsp3) is 0.214. The first-order chi connectivity index (χ1) is 17.3. The Balaban J connectivity index is 1.94. The number of aromatic nitrogens is 2. The number of H-pyrrole nitrogens is 1. The summed E-state index contributed by atoms with van der Waals surface area (Å²) in [6, 6.07) is 15.5. The number of carboxylic acids is 2. The Bertz CT molecular complexity index is 1530. The maximum Gasteiger partial charge on any atom is 0.311 e. The zero-order valence-corrected chi connectivity index (χ0v) is 20.7. The highest BCUT2D eigenvalue weighted by atomic mass is 16.4. The largest absolute Gasteiger partial charge is 0.507 e. The fourth-order valence-corrected chi connectivity index (χ4v) is 4.24. The van der Waals surface area contributed by atoms with Crippen LogP contribution >= 0.6 is 0 Å². The van der Waals surface area contributed by atoms with Crippen LogP contribution < -0.4 is 5.73 Å². The van der Waals surface area contributed by atoms with E-state index in [1.165, 1.54) is 12.1 Å². The number of phenolic OH excluding ortho intramolecular Hbond substituents is 1. The summed E-state index contributed by atoms with van der Waals surface area (Å²) in [6.45, 7) is 6.25. The van der Waals surface area contributed by atoms with Gasteiger partial charge in [0.2, 0.25) is 0 Å². The number of carboxylic acid groups (broad SMARTS) is 2. The molecule has 1 atom stereocenters. The topological polar surface area (TPSA) is 173 Å². The molecular formula is C28H28N4O5. The molecule has 0 saturated heterocycles. The lowest BCUT2D eigenvalue weighted by atomic mass is 9.85. The number of hydrogen-bond donors (Lipinski definition) is 6. The van der Waals surface area contributed by atoms with Crippen LogP contribution in [0.5, 0.6) is 5.75 Å². The van der Waals surface area contributed by atoms with E-state index in [9.17, 15) is 24.9 Å². The number of aliphatic carboxylic acids is 2. The fourth-order valence-electron chi connectivity index (χ4n) is 4.24. The van der Waals surface area contributed by atoms with E-state index in [1.807, 2.05) is 24.3 Å². The van der Waals surface area contributed by atoms with Crippen LogP contribution in [0.3, 0.4) is 0 Å². The van der Waals surface area contributed by atoms with Gasteiger partial charge in [0.25, 0.3) is 0 Å². The van der Waals surface area contributed by atoms with Gasteiger partial charge in [-0.15, -0.1) is 0 Å². The minimum Gasteiger partial charge on any atom is -0.507 e. The number of aromatic hydroxyl groups is 1. The summed E-state index contributed by atoms with van der Waals surface area (Å²) >= 11 is 0. The Hall–Kier alpha value is -4.66. The first-order valence-electron chi connectivity index (χ1n) is 11.6. The van der Waals surface area contributed by atoms with Crippen molar-refractivity contribution in [3.05, 3.63) is 71.3 Å². The standard InChI is InChI=1S/C28H28N4O5/c1-28(2,3)17-7-4-14(5-8-17)18-10-16(19(27(36)37)13-23(33)34)11-20(24(18)35)26-31-21-9-6-15(25(29)30)12-22(21)32-26/h4-12,19,35H,13H2,1-3H3,(H3,29,30)(H,31,32)(H,33,34)(H,36,37). The predicted octanol–water partition coefficient (Wildman–Crippen LogP) is 4.83. The number of aromatic amines is 1. The number of nitrogen functional groups attached to an aromatic ring is 1. The third-order valence-corrected chi connectivity index (χ3v) is 6.32. The summed E-state index contributed by atoms with van der Waals surface area (Å²) < 4.78 is 0. The van der Waals surface area contributed by atoms with E-state index in [0.29, 0.717) is 27.7 Å². The molecule has 0 saturated carbocycles. The van der Waals surface area contributed by atoms with Crippen LogP contribution in [0.25, 0.3) is 33.5 Å². The zero-order valence-electron chi connectivity index (χ0n) is 20.7. The van der Waals surface area contributed by atoms with Gasteiger partial charge in [0.15, 0.2) is 0 Å². The maximum atomic E-state index is 12.0. The van der Waals surface area contributed by atoms with Crippen molar-refractivity contribution in [2.45, 2.75) is 38.5 Å². The van der Waals surface area contributed by atoms with Crippen molar-refractivity contribution in [2.75, 3.05) is 0 Å². The monoisotopic (exact) mass is 500 g/mol. The van der Waals surface area contributed by atoms with Crippen LogP contribution in [-0.4, -0.2) is 43.1 Å². The number of phenols is 1. The molecule has 0 radical (unpaired) electrons. The lowest BCUT2D eigenvalue weighted by Gasteiger charge is -2.20. The highest BCUT2D eigenvalue weighted by molar-refractivity contribution is 5.98. The van der Waals surface area contributed by atoms with Gasteiger partial charge in [-0.1, -0.05) is 45.0 Å². The Morgan fingerprint density at radius 3 is 2.24 bits per heavy atom. The third kappa shape index (κ3) is 5.16.